The Morgan fingerprint density at radius 2 is 1.58 bits per heavy atom. The molecule has 4 aromatic carbocycles. The number of hydrogen-bond donors (Lipinski definition) is 2. The highest BCUT2D eigenvalue weighted by Crippen LogP contribution is 2.29. The molecule has 4 rings (SSSR count). The average molecular weight is 670 g/mol. The molecule has 0 fully saturated rings. The van der Waals surface area contributed by atoms with Gasteiger partial charge >= 0.3 is 5.97 Å². The lowest BCUT2D eigenvalue weighted by Gasteiger charge is -2.21. The molecular weight excluding hydrogens is 638 g/mol. The van der Waals surface area contributed by atoms with Gasteiger partial charge in [-0.1, -0.05) is 35.9 Å². The number of ether oxygens (including phenoxy) is 2. The molecule has 0 aliphatic heterocycles. The Bertz CT molecular complexity index is 1850. The molecule has 0 saturated heterocycles. The first-order valence-corrected chi connectivity index (χ1v) is 15.1. The van der Waals surface area contributed by atoms with E-state index in [0.717, 1.165) is 18.8 Å². The van der Waals surface area contributed by atoms with Crippen LogP contribution in [0.1, 0.15) is 45.7 Å². The smallest absolute Gasteiger partial charge is 0.343 e. The fraction of sp³-hybridized carbons (Fsp3) is 0.143. The van der Waals surface area contributed by atoms with Crippen molar-refractivity contribution in [2.75, 3.05) is 25.1 Å². The van der Waals surface area contributed by atoms with Crippen LogP contribution in [0.5, 0.6) is 11.5 Å². The summed E-state index contributed by atoms with van der Waals surface area (Å²) in [6, 6.07) is 23.6. The third-order valence-electron chi connectivity index (χ3n) is 7.03. The molecule has 0 unspecified atom stereocenters. The van der Waals surface area contributed by atoms with Crippen molar-refractivity contribution in [2.24, 2.45) is 5.10 Å². The summed E-state index contributed by atoms with van der Waals surface area (Å²) in [6.07, 6.45) is 2.87. The Kier molecular flexibility index (Phi) is 12.0. The van der Waals surface area contributed by atoms with E-state index >= 15 is 0 Å². The molecule has 4 aromatic rings. The second-order valence-electron chi connectivity index (χ2n) is 10.1. The molecule has 48 heavy (non-hydrogen) atoms. The number of halogens is 1. The largest absolute Gasteiger partial charge is 0.493 e. The number of methoxy groups -OCH3 is 1. The molecule has 12 nitrogen and oxygen atoms in total. The molecule has 246 valence electrons. The summed E-state index contributed by atoms with van der Waals surface area (Å²) in [5.41, 5.74) is 4.68. The van der Waals surface area contributed by atoms with Crippen LogP contribution < -0.4 is 25.1 Å². The van der Waals surface area contributed by atoms with Crippen LogP contribution in [0.25, 0.3) is 6.08 Å². The zero-order valence-corrected chi connectivity index (χ0v) is 27.1. The van der Waals surface area contributed by atoms with Crippen molar-refractivity contribution >= 4 is 53.0 Å². The van der Waals surface area contributed by atoms with E-state index in [1.807, 2.05) is 24.3 Å². The predicted molar refractivity (Wildman–Crippen MR) is 184 cm³/mol. The topological polar surface area (TPSA) is 152 Å². The third-order valence-corrected chi connectivity index (χ3v) is 7.36. The normalized spacial score (nSPS) is 11.1. The first-order valence-electron chi connectivity index (χ1n) is 14.7. The number of nitrogens with zero attached hydrogens (tertiary/aromatic N) is 3. The van der Waals surface area contributed by atoms with E-state index in [2.05, 4.69) is 34.6 Å². The maximum Gasteiger partial charge on any atom is 0.343 e. The molecular formula is C35H32ClN5O7. The van der Waals surface area contributed by atoms with Crippen LogP contribution in [0.3, 0.4) is 0 Å². The van der Waals surface area contributed by atoms with Crippen molar-refractivity contribution in [2.45, 2.75) is 13.8 Å². The van der Waals surface area contributed by atoms with Crippen molar-refractivity contribution in [1.29, 1.82) is 0 Å². The summed E-state index contributed by atoms with van der Waals surface area (Å²) >= 11 is 6.21. The number of non-ortho nitro benzene ring substituents is 1. The summed E-state index contributed by atoms with van der Waals surface area (Å²) in [5, 5.41) is 17.8. The zero-order valence-electron chi connectivity index (χ0n) is 26.3. The summed E-state index contributed by atoms with van der Waals surface area (Å²) in [4.78, 5) is 51.4. The Morgan fingerprint density at radius 1 is 0.917 bits per heavy atom. The van der Waals surface area contributed by atoms with Crippen molar-refractivity contribution in [3.05, 3.63) is 134 Å². The monoisotopic (exact) mass is 669 g/mol. The molecule has 2 N–H and O–H groups in total. The average Bonchev–Trinajstić information content (AvgIpc) is 3.09. The van der Waals surface area contributed by atoms with E-state index in [-0.39, 0.29) is 39.0 Å². The van der Waals surface area contributed by atoms with E-state index in [4.69, 9.17) is 21.1 Å². The minimum atomic E-state index is -0.738. The van der Waals surface area contributed by atoms with Gasteiger partial charge in [0, 0.05) is 30.9 Å². The number of carbonyl (C=O) groups is 3. The molecule has 0 aliphatic carbocycles. The second kappa shape index (κ2) is 16.5. The fourth-order valence-electron chi connectivity index (χ4n) is 4.48. The van der Waals surface area contributed by atoms with Crippen LogP contribution in [-0.2, 0) is 4.79 Å². The number of hydrazone groups is 1. The van der Waals surface area contributed by atoms with Gasteiger partial charge in [-0.15, -0.1) is 0 Å². The van der Waals surface area contributed by atoms with E-state index in [9.17, 15) is 24.5 Å². The second-order valence-corrected chi connectivity index (χ2v) is 10.5. The molecule has 0 aliphatic rings. The highest BCUT2D eigenvalue weighted by Gasteiger charge is 2.17. The van der Waals surface area contributed by atoms with Gasteiger partial charge < -0.3 is 19.7 Å². The predicted octanol–water partition coefficient (Wildman–Crippen LogP) is 6.24. The highest BCUT2D eigenvalue weighted by molar-refractivity contribution is 6.34. The minimum Gasteiger partial charge on any atom is -0.493 e. The molecule has 0 radical (unpaired) electrons. The molecule has 0 aromatic heterocycles. The molecule has 13 heteroatoms. The first-order chi connectivity index (χ1) is 23.1. The molecule has 0 heterocycles. The summed E-state index contributed by atoms with van der Waals surface area (Å²) < 4.78 is 10.8. The highest BCUT2D eigenvalue weighted by atomic mass is 35.5. The Balaban J connectivity index is 1.50. The van der Waals surface area contributed by atoms with Crippen molar-refractivity contribution < 1.29 is 28.8 Å². The van der Waals surface area contributed by atoms with Gasteiger partial charge in [0.05, 0.1) is 34.4 Å². The van der Waals surface area contributed by atoms with Gasteiger partial charge in [-0.2, -0.15) is 5.10 Å². The summed E-state index contributed by atoms with van der Waals surface area (Å²) in [7, 11) is 1.38. The van der Waals surface area contributed by atoms with Crippen molar-refractivity contribution in [3.63, 3.8) is 0 Å². The first kappa shape index (κ1) is 34.9. The Hall–Kier alpha value is -6.01. The van der Waals surface area contributed by atoms with Gasteiger partial charge in [0.15, 0.2) is 11.5 Å². The van der Waals surface area contributed by atoms with Gasteiger partial charge in [0.2, 0.25) is 0 Å². The zero-order chi connectivity index (χ0) is 34.6. The SMILES string of the molecule is CCN(CC)c1ccc(/C=C(/NC(=O)c2ccccc2Cl)C(=O)N/N=C\c2ccc(OC(=O)c3ccc([N+](=O)[O-])cc3)c(OC)c2)cc1. The van der Waals surface area contributed by atoms with E-state index in [1.165, 1.54) is 55.8 Å². The van der Waals surface area contributed by atoms with Crippen molar-refractivity contribution in [3.8, 4) is 11.5 Å². The van der Waals surface area contributed by atoms with Crippen molar-refractivity contribution in [1.82, 2.24) is 10.7 Å². The molecule has 0 atom stereocenters. The molecule has 0 spiro atoms. The van der Waals surface area contributed by atoms with E-state index in [1.54, 1.807) is 30.3 Å². The Labute approximate surface area is 281 Å². The number of carbonyl (C=O) groups excluding carboxylic acids is 3. The molecule has 0 saturated carbocycles. The standard InChI is InChI=1S/C35H32ClN5O7/c1-4-40(5-2)26-15-10-23(11-16-26)20-30(38-33(42)28-8-6-7-9-29(28)36)34(43)39-37-22-24-12-19-31(32(21-24)47-3)48-35(44)25-13-17-27(18-14-25)41(45)46/h6-22H,4-5H2,1-3H3,(H,38,42)(H,39,43)/b30-20+,37-22-. The van der Waals surface area contributed by atoms with Gasteiger partial charge in [-0.25, -0.2) is 10.2 Å². The maximum absolute atomic E-state index is 13.3. The lowest BCUT2D eigenvalue weighted by Crippen LogP contribution is -2.33. The molecule has 0 bridgehead atoms. The lowest BCUT2D eigenvalue weighted by molar-refractivity contribution is -0.384. The van der Waals surface area contributed by atoms with Crippen LogP contribution >= 0.6 is 11.6 Å². The molecule has 2 amide bonds. The number of benzene rings is 4. The summed E-state index contributed by atoms with van der Waals surface area (Å²) in [6.45, 7) is 5.81. The maximum atomic E-state index is 13.3. The fourth-order valence-corrected chi connectivity index (χ4v) is 4.70. The number of hydrogen-bond acceptors (Lipinski definition) is 9. The lowest BCUT2D eigenvalue weighted by atomic mass is 10.1. The van der Waals surface area contributed by atoms with Gasteiger partial charge in [0.25, 0.3) is 17.5 Å². The van der Waals surface area contributed by atoms with Gasteiger partial charge in [0.1, 0.15) is 5.70 Å². The number of rotatable bonds is 13. The van der Waals surface area contributed by atoms with Crippen LogP contribution in [0.15, 0.2) is 102 Å². The number of amides is 2. The minimum absolute atomic E-state index is 0.0706. The Morgan fingerprint density at radius 3 is 2.21 bits per heavy atom. The summed E-state index contributed by atoms with van der Waals surface area (Å²) in [5.74, 6) is -1.71. The van der Waals surface area contributed by atoms with Gasteiger partial charge in [-0.3, -0.25) is 19.7 Å². The van der Waals surface area contributed by atoms with Crippen LogP contribution in [0.2, 0.25) is 5.02 Å². The van der Waals surface area contributed by atoms with Crippen LogP contribution in [0.4, 0.5) is 11.4 Å². The number of nitrogens with one attached hydrogen (secondary N) is 2. The number of esters is 1. The van der Waals surface area contributed by atoms with Crippen LogP contribution in [0, 0.1) is 10.1 Å². The van der Waals surface area contributed by atoms with E-state index < -0.39 is 22.7 Å². The van der Waals surface area contributed by atoms with Crippen LogP contribution in [-0.4, -0.2) is 49.1 Å². The quantitative estimate of drug-likeness (QED) is 0.0424. The van der Waals surface area contributed by atoms with Gasteiger partial charge in [-0.05, 0) is 85.6 Å². The number of nitro benzene ring substituents is 1. The number of anilines is 1. The van der Waals surface area contributed by atoms with E-state index in [0.29, 0.717) is 11.1 Å². The number of nitro groups is 1. The third kappa shape index (κ3) is 9.04.